The molecule has 0 aliphatic rings. The van der Waals surface area contributed by atoms with Crippen molar-refractivity contribution in [3.8, 4) is 0 Å². The summed E-state index contributed by atoms with van der Waals surface area (Å²) in [7, 11) is 0. The van der Waals surface area contributed by atoms with Gasteiger partial charge >= 0.3 is 5.97 Å². The first-order valence-corrected chi connectivity index (χ1v) is 9.27. The van der Waals surface area contributed by atoms with Crippen LogP contribution in [0, 0.1) is 6.92 Å². The fraction of sp³-hybridized carbons (Fsp3) is 0.167. The summed E-state index contributed by atoms with van der Waals surface area (Å²) in [4.78, 5) is 30.4. The number of ether oxygens (including phenoxy) is 1. The summed E-state index contributed by atoms with van der Waals surface area (Å²) in [5.41, 5.74) is 7.61. The maximum Gasteiger partial charge on any atom is 0.338 e. The number of ketones is 1. The number of aryl methyl sites for hydroxylation is 1. The highest BCUT2D eigenvalue weighted by Crippen LogP contribution is 2.38. The first-order chi connectivity index (χ1) is 12.3. The number of aromatic nitrogens is 1. The molecule has 1 aromatic carbocycles. The van der Waals surface area contributed by atoms with Gasteiger partial charge in [-0.1, -0.05) is 23.2 Å². The van der Waals surface area contributed by atoms with Crippen LogP contribution in [0.2, 0.25) is 10.0 Å². The number of carbonyl (C=O) groups is 2. The Kier molecular flexibility index (Phi) is 5.18. The molecule has 0 amide bonds. The predicted octanol–water partition coefficient (Wildman–Crippen LogP) is 4.90. The lowest BCUT2D eigenvalue weighted by molar-refractivity contribution is 0.0528. The molecule has 2 aromatic heterocycles. The molecule has 8 heteroatoms. The third-order valence-electron chi connectivity index (χ3n) is 3.70. The number of hydrogen-bond donors (Lipinski definition) is 1. The van der Waals surface area contributed by atoms with E-state index in [4.69, 9.17) is 33.7 Å². The van der Waals surface area contributed by atoms with Gasteiger partial charge in [0, 0.05) is 21.7 Å². The lowest BCUT2D eigenvalue weighted by atomic mass is 10.1. The number of hydrogen-bond acceptors (Lipinski definition) is 6. The van der Waals surface area contributed by atoms with Gasteiger partial charge in [-0.15, -0.1) is 11.3 Å². The highest BCUT2D eigenvalue weighted by Gasteiger charge is 2.25. The molecule has 3 rings (SSSR count). The molecule has 0 saturated heterocycles. The summed E-state index contributed by atoms with van der Waals surface area (Å²) in [6, 6.07) is 6.22. The Labute approximate surface area is 163 Å². The number of carbonyl (C=O) groups excluding carboxylic acids is 2. The van der Waals surface area contributed by atoms with Gasteiger partial charge < -0.3 is 10.5 Å². The Morgan fingerprint density at radius 1 is 1.23 bits per heavy atom. The van der Waals surface area contributed by atoms with Crippen LogP contribution in [0.4, 0.5) is 5.69 Å². The number of fused-ring (bicyclic) bond motifs is 1. The van der Waals surface area contributed by atoms with Crippen LogP contribution in [0.25, 0.3) is 10.2 Å². The van der Waals surface area contributed by atoms with Gasteiger partial charge in [0.25, 0.3) is 0 Å². The Morgan fingerprint density at radius 2 is 1.96 bits per heavy atom. The highest BCUT2D eigenvalue weighted by atomic mass is 35.5. The van der Waals surface area contributed by atoms with Gasteiger partial charge in [0.05, 0.1) is 22.9 Å². The van der Waals surface area contributed by atoms with E-state index in [0.717, 1.165) is 11.3 Å². The number of anilines is 1. The summed E-state index contributed by atoms with van der Waals surface area (Å²) in [6.45, 7) is 3.71. The predicted molar refractivity (Wildman–Crippen MR) is 105 cm³/mol. The third-order valence-corrected chi connectivity index (χ3v) is 5.35. The molecule has 0 atom stereocenters. The SMILES string of the molecule is CCOC(=O)c1cc(C)nc2sc(C(=O)c3ccc(Cl)cc3Cl)c(N)c12. The number of benzene rings is 1. The molecular formula is C18H14Cl2N2O3S. The molecule has 5 nitrogen and oxygen atoms in total. The molecule has 0 saturated carbocycles. The van der Waals surface area contributed by atoms with Gasteiger partial charge in [-0.05, 0) is 38.1 Å². The topological polar surface area (TPSA) is 82.3 Å². The van der Waals surface area contributed by atoms with Crippen molar-refractivity contribution in [2.24, 2.45) is 0 Å². The molecule has 0 radical (unpaired) electrons. The van der Waals surface area contributed by atoms with Crippen LogP contribution in [0.5, 0.6) is 0 Å². The Morgan fingerprint density at radius 3 is 2.62 bits per heavy atom. The molecule has 2 heterocycles. The minimum absolute atomic E-state index is 0.191. The van der Waals surface area contributed by atoms with Crippen LogP contribution in [0.15, 0.2) is 24.3 Å². The molecule has 0 unspecified atom stereocenters. The van der Waals surface area contributed by atoms with Crippen molar-refractivity contribution in [1.29, 1.82) is 0 Å². The first kappa shape index (κ1) is 18.6. The van der Waals surface area contributed by atoms with E-state index in [-0.39, 0.29) is 33.5 Å². The lowest BCUT2D eigenvalue weighted by Gasteiger charge is -2.06. The quantitative estimate of drug-likeness (QED) is 0.490. The average molecular weight is 409 g/mol. The zero-order chi connectivity index (χ0) is 19.0. The van der Waals surface area contributed by atoms with Crippen molar-refractivity contribution in [3.63, 3.8) is 0 Å². The molecule has 0 aliphatic heterocycles. The lowest BCUT2D eigenvalue weighted by Crippen LogP contribution is -2.07. The summed E-state index contributed by atoms with van der Waals surface area (Å²) >= 11 is 13.1. The van der Waals surface area contributed by atoms with Crippen molar-refractivity contribution >= 4 is 62.2 Å². The zero-order valence-electron chi connectivity index (χ0n) is 13.9. The number of rotatable bonds is 4. The molecule has 0 spiro atoms. The number of pyridine rings is 1. The average Bonchev–Trinajstić information content (AvgIpc) is 2.90. The van der Waals surface area contributed by atoms with Crippen LogP contribution in [-0.2, 0) is 4.74 Å². The van der Waals surface area contributed by atoms with Crippen molar-refractivity contribution in [2.45, 2.75) is 13.8 Å². The van der Waals surface area contributed by atoms with Gasteiger partial charge in [-0.25, -0.2) is 9.78 Å². The number of nitrogen functional groups attached to an aromatic ring is 1. The second kappa shape index (κ2) is 7.23. The monoisotopic (exact) mass is 408 g/mol. The highest BCUT2D eigenvalue weighted by molar-refractivity contribution is 7.21. The van der Waals surface area contributed by atoms with Crippen LogP contribution in [0.3, 0.4) is 0 Å². The Hall–Kier alpha value is -2.15. The summed E-state index contributed by atoms with van der Waals surface area (Å²) < 4.78 is 5.09. The Bertz CT molecular complexity index is 1050. The molecule has 3 aromatic rings. The zero-order valence-corrected chi connectivity index (χ0v) is 16.3. The number of halogens is 2. The number of nitrogens with two attached hydrogens (primary N) is 1. The largest absolute Gasteiger partial charge is 0.462 e. The minimum atomic E-state index is -0.504. The summed E-state index contributed by atoms with van der Waals surface area (Å²) in [5.74, 6) is -0.851. The number of esters is 1. The molecule has 0 aliphatic carbocycles. The summed E-state index contributed by atoms with van der Waals surface area (Å²) in [6.07, 6.45) is 0. The number of thiophene rings is 1. The fourth-order valence-electron chi connectivity index (χ4n) is 2.58. The van der Waals surface area contributed by atoms with Gasteiger partial charge in [0.2, 0.25) is 5.78 Å². The van der Waals surface area contributed by atoms with Crippen molar-refractivity contribution in [1.82, 2.24) is 4.98 Å². The van der Waals surface area contributed by atoms with Crippen molar-refractivity contribution in [2.75, 3.05) is 12.3 Å². The fourth-order valence-corrected chi connectivity index (χ4v) is 4.19. The molecule has 26 heavy (non-hydrogen) atoms. The number of nitrogens with zero attached hydrogens (tertiary/aromatic N) is 1. The standard InChI is InChI=1S/C18H14Cl2N2O3S/c1-3-25-18(24)11-6-8(2)22-17-13(11)14(21)16(26-17)15(23)10-5-4-9(19)7-12(10)20/h4-7H,3,21H2,1-2H3. The van der Waals surface area contributed by atoms with E-state index in [9.17, 15) is 9.59 Å². The molecule has 134 valence electrons. The maximum absolute atomic E-state index is 12.9. The van der Waals surface area contributed by atoms with Gasteiger partial charge in [0.1, 0.15) is 9.71 Å². The van der Waals surface area contributed by atoms with E-state index < -0.39 is 5.97 Å². The second-order valence-electron chi connectivity index (χ2n) is 5.51. The van der Waals surface area contributed by atoms with Crippen LogP contribution in [0.1, 0.15) is 38.2 Å². The third kappa shape index (κ3) is 3.28. The first-order valence-electron chi connectivity index (χ1n) is 7.70. The smallest absolute Gasteiger partial charge is 0.338 e. The van der Waals surface area contributed by atoms with Crippen molar-refractivity contribution in [3.05, 3.63) is 56.0 Å². The normalized spacial score (nSPS) is 10.9. The molecule has 0 bridgehead atoms. The Balaban J connectivity index is 2.19. The molecule has 0 fully saturated rings. The van der Waals surface area contributed by atoms with Gasteiger partial charge in [-0.2, -0.15) is 0 Å². The molecule has 2 N–H and O–H groups in total. The van der Waals surface area contributed by atoms with E-state index in [1.807, 2.05) is 0 Å². The van der Waals surface area contributed by atoms with Crippen LogP contribution in [-0.4, -0.2) is 23.3 Å². The van der Waals surface area contributed by atoms with Gasteiger partial charge in [-0.3, -0.25) is 4.79 Å². The van der Waals surface area contributed by atoms with Gasteiger partial charge in [0.15, 0.2) is 0 Å². The van der Waals surface area contributed by atoms with Crippen LogP contribution < -0.4 is 5.73 Å². The van der Waals surface area contributed by atoms with E-state index in [1.165, 1.54) is 6.07 Å². The van der Waals surface area contributed by atoms with Crippen LogP contribution >= 0.6 is 34.5 Å². The van der Waals surface area contributed by atoms with E-state index in [2.05, 4.69) is 4.98 Å². The maximum atomic E-state index is 12.9. The van der Waals surface area contributed by atoms with Crippen molar-refractivity contribution < 1.29 is 14.3 Å². The second-order valence-corrected chi connectivity index (χ2v) is 7.35. The summed E-state index contributed by atoms with van der Waals surface area (Å²) in [5, 5.41) is 1.08. The molecular weight excluding hydrogens is 395 g/mol. The van der Waals surface area contributed by atoms with E-state index >= 15 is 0 Å². The minimum Gasteiger partial charge on any atom is -0.462 e. The van der Waals surface area contributed by atoms with E-state index in [0.29, 0.717) is 26.5 Å². The van der Waals surface area contributed by atoms with E-state index in [1.54, 1.807) is 32.0 Å².